The van der Waals surface area contributed by atoms with E-state index in [2.05, 4.69) is 10.3 Å². The highest BCUT2D eigenvalue weighted by molar-refractivity contribution is 6.34. The van der Waals surface area contributed by atoms with E-state index >= 15 is 0 Å². The maximum absolute atomic E-state index is 12.0. The van der Waals surface area contributed by atoms with E-state index < -0.39 is 17.4 Å². The summed E-state index contributed by atoms with van der Waals surface area (Å²) in [5.41, 5.74) is -1.25. The zero-order valence-electron chi connectivity index (χ0n) is 9.24. The number of aliphatic carboxylic acids is 1. The molecule has 0 aliphatic heterocycles. The van der Waals surface area contributed by atoms with E-state index in [4.69, 9.17) is 28.3 Å². The van der Waals surface area contributed by atoms with Gasteiger partial charge in [-0.05, 0) is 31.4 Å². The van der Waals surface area contributed by atoms with Crippen LogP contribution in [0.25, 0.3) is 0 Å². The third kappa shape index (κ3) is 2.28. The molecule has 0 aromatic carbocycles. The summed E-state index contributed by atoms with van der Waals surface area (Å²) in [7, 11) is 0. The monoisotopic (exact) mass is 288 g/mol. The SMILES string of the molecule is O=C(NC1(C(=O)O)CCC1)c1nc(Cl)ccc1Cl. The van der Waals surface area contributed by atoms with Crippen LogP contribution in [0.15, 0.2) is 12.1 Å². The van der Waals surface area contributed by atoms with Crippen molar-refractivity contribution in [1.29, 1.82) is 0 Å². The fraction of sp³-hybridized carbons (Fsp3) is 0.364. The highest BCUT2D eigenvalue weighted by Gasteiger charge is 2.46. The first kappa shape index (κ1) is 13.1. The molecule has 2 rings (SSSR count). The van der Waals surface area contributed by atoms with E-state index in [-0.39, 0.29) is 15.9 Å². The van der Waals surface area contributed by atoms with Gasteiger partial charge in [0.05, 0.1) is 5.02 Å². The smallest absolute Gasteiger partial charge is 0.329 e. The maximum Gasteiger partial charge on any atom is 0.329 e. The van der Waals surface area contributed by atoms with Crippen LogP contribution in [0.4, 0.5) is 0 Å². The Labute approximate surface area is 113 Å². The third-order valence-corrected chi connectivity index (χ3v) is 3.51. The van der Waals surface area contributed by atoms with Gasteiger partial charge in [-0.3, -0.25) is 4.79 Å². The van der Waals surface area contributed by atoms with Gasteiger partial charge in [-0.1, -0.05) is 23.2 Å². The first-order valence-electron chi connectivity index (χ1n) is 5.32. The van der Waals surface area contributed by atoms with Gasteiger partial charge in [0.15, 0.2) is 0 Å². The van der Waals surface area contributed by atoms with Crippen molar-refractivity contribution in [2.24, 2.45) is 0 Å². The molecule has 1 aliphatic rings. The number of carbonyl (C=O) groups excluding carboxylic acids is 1. The predicted octanol–water partition coefficient (Wildman–Crippen LogP) is 2.13. The molecule has 0 bridgehead atoms. The summed E-state index contributed by atoms with van der Waals surface area (Å²) in [5.74, 6) is -1.66. The van der Waals surface area contributed by atoms with Crippen molar-refractivity contribution in [2.45, 2.75) is 24.8 Å². The van der Waals surface area contributed by atoms with E-state index in [1.54, 1.807) is 0 Å². The molecule has 1 amide bonds. The number of pyridine rings is 1. The molecular formula is C11H10Cl2N2O3. The second kappa shape index (κ2) is 4.74. The lowest BCUT2D eigenvalue weighted by Crippen LogP contribution is -2.59. The van der Waals surface area contributed by atoms with E-state index in [1.807, 2.05) is 0 Å². The standard InChI is InChI=1S/C11H10Cl2N2O3/c12-6-2-3-7(13)14-8(6)9(16)15-11(10(17)18)4-1-5-11/h2-3H,1,4-5H2,(H,15,16)(H,17,18). The zero-order chi connectivity index (χ0) is 13.3. The van der Waals surface area contributed by atoms with Crippen LogP contribution in [0.5, 0.6) is 0 Å². The Balaban J connectivity index is 2.22. The van der Waals surface area contributed by atoms with Crippen LogP contribution in [-0.4, -0.2) is 27.5 Å². The first-order chi connectivity index (χ1) is 8.44. The number of nitrogens with one attached hydrogen (secondary N) is 1. The lowest BCUT2D eigenvalue weighted by atomic mass is 9.76. The van der Waals surface area contributed by atoms with Gasteiger partial charge < -0.3 is 10.4 Å². The van der Waals surface area contributed by atoms with Crippen LogP contribution in [0.3, 0.4) is 0 Å². The number of aromatic nitrogens is 1. The van der Waals surface area contributed by atoms with Crippen molar-refractivity contribution in [3.05, 3.63) is 28.0 Å². The quantitative estimate of drug-likeness (QED) is 0.835. The van der Waals surface area contributed by atoms with Gasteiger partial charge in [-0.2, -0.15) is 0 Å². The van der Waals surface area contributed by atoms with Crippen LogP contribution >= 0.6 is 23.2 Å². The molecule has 18 heavy (non-hydrogen) atoms. The van der Waals surface area contributed by atoms with Crippen LogP contribution in [-0.2, 0) is 4.79 Å². The average Bonchev–Trinajstić information content (AvgIpc) is 2.26. The highest BCUT2D eigenvalue weighted by Crippen LogP contribution is 2.32. The maximum atomic E-state index is 12.0. The van der Waals surface area contributed by atoms with Crippen LogP contribution in [0.1, 0.15) is 29.8 Å². The summed E-state index contributed by atoms with van der Waals surface area (Å²) in [6, 6.07) is 2.90. The normalized spacial score (nSPS) is 16.8. The van der Waals surface area contributed by atoms with E-state index in [0.717, 1.165) is 6.42 Å². The Bertz CT molecular complexity index is 515. The fourth-order valence-corrected chi connectivity index (χ4v) is 2.12. The molecule has 0 spiro atoms. The molecule has 1 aromatic heterocycles. The first-order valence-corrected chi connectivity index (χ1v) is 6.08. The fourth-order valence-electron chi connectivity index (χ4n) is 1.78. The van der Waals surface area contributed by atoms with Gasteiger partial charge in [0.25, 0.3) is 5.91 Å². The number of carbonyl (C=O) groups is 2. The van der Waals surface area contributed by atoms with E-state index in [0.29, 0.717) is 12.8 Å². The van der Waals surface area contributed by atoms with Gasteiger partial charge >= 0.3 is 5.97 Å². The van der Waals surface area contributed by atoms with Crippen LogP contribution in [0, 0.1) is 0 Å². The number of carboxylic acids is 1. The molecule has 1 fully saturated rings. The molecule has 1 heterocycles. The van der Waals surface area contributed by atoms with Crippen LogP contribution in [0.2, 0.25) is 10.2 Å². The third-order valence-electron chi connectivity index (χ3n) is 3.00. The summed E-state index contributed by atoms with van der Waals surface area (Å²) < 4.78 is 0. The molecule has 96 valence electrons. The van der Waals surface area contributed by atoms with Crippen molar-refractivity contribution in [3.8, 4) is 0 Å². The lowest BCUT2D eigenvalue weighted by molar-refractivity contribution is -0.148. The van der Waals surface area contributed by atoms with Gasteiger partial charge in [0.2, 0.25) is 0 Å². The molecule has 5 nitrogen and oxygen atoms in total. The number of rotatable bonds is 3. The molecule has 0 atom stereocenters. The molecule has 1 aromatic rings. The Kier molecular flexibility index (Phi) is 3.45. The summed E-state index contributed by atoms with van der Waals surface area (Å²) in [6.45, 7) is 0. The Morgan fingerprint density at radius 3 is 2.50 bits per heavy atom. The van der Waals surface area contributed by atoms with Gasteiger partial charge in [0.1, 0.15) is 16.4 Å². The predicted molar refractivity (Wildman–Crippen MR) is 65.9 cm³/mol. The number of nitrogens with zero attached hydrogens (tertiary/aromatic N) is 1. The second-order valence-electron chi connectivity index (χ2n) is 4.16. The number of amides is 1. The van der Waals surface area contributed by atoms with Crippen molar-refractivity contribution < 1.29 is 14.7 Å². The van der Waals surface area contributed by atoms with Gasteiger partial charge in [-0.15, -0.1) is 0 Å². The molecule has 2 N–H and O–H groups in total. The second-order valence-corrected chi connectivity index (χ2v) is 4.95. The average molecular weight is 289 g/mol. The summed E-state index contributed by atoms with van der Waals surface area (Å²) in [4.78, 5) is 26.9. The number of hydrogen-bond donors (Lipinski definition) is 2. The van der Waals surface area contributed by atoms with E-state index in [1.165, 1.54) is 12.1 Å². The van der Waals surface area contributed by atoms with Gasteiger partial charge in [-0.25, -0.2) is 9.78 Å². The highest BCUT2D eigenvalue weighted by atomic mass is 35.5. The minimum Gasteiger partial charge on any atom is -0.480 e. The molecule has 7 heteroatoms. The summed E-state index contributed by atoms with van der Waals surface area (Å²) >= 11 is 11.5. The summed E-state index contributed by atoms with van der Waals surface area (Å²) in [6.07, 6.45) is 1.59. The Morgan fingerprint density at radius 2 is 2.00 bits per heavy atom. The van der Waals surface area contributed by atoms with Crippen molar-refractivity contribution in [3.63, 3.8) is 0 Å². The minimum absolute atomic E-state index is 0.0586. The molecule has 0 radical (unpaired) electrons. The van der Waals surface area contributed by atoms with Crippen LogP contribution < -0.4 is 5.32 Å². The Morgan fingerprint density at radius 1 is 1.33 bits per heavy atom. The van der Waals surface area contributed by atoms with E-state index in [9.17, 15) is 9.59 Å². The van der Waals surface area contributed by atoms with Crippen molar-refractivity contribution >= 4 is 35.1 Å². The zero-order valence-corrected chi connectivity index (χ0v) is 10.8. The van der Waals surface area contributed by atoms with Crippen molar-refractivity contribution in [2.75, 3.05) is 0 Å². The number of halogens is 2. The largest absolute Gasteiger partial charge is 0.480 e. The molecule has 0 saturated heterocycles. The molecule has 1 aliphatic carbocycles. The minimum atomic E-state index is -1.19. The molecule has 1 saturated carbocycles. The number of carboxylic acid groups (broad SMARTS) is 1. The number of hydrogen-bond acceptors (Lipinski definition) is 3. The summed E-state index contributed by atoms with van der Waals surface area (Å²) in [5, 5.41) is 11.8. The Hall–Kier alpha value is -1.33. The molecule has 0 unspecified atom stereocenters. The lowest BCUT2D eigenvalue weighted by Gasteiger charge is -2.38. The topological polar surface area (TPSA) is 79.3 Å². The van der Waals surface area contributed by atoms with Crippen molar-refractivity contribution in [1.82, 2.24) is 10.3 Å². The van der Waals surface area contributed by atoms with Gasteiger partial charge in [0, 0.05) is 0 Å². The molecular weight excluding hydrogens is 279 g/mol.